The maximum Gasteiger partial charge on any atom is 0.242 e. The Morgan fingerprint density at radius 3 is 2.62 bits per heavy atom. The Labute approximate surface area is 95.6 Å². The van der Waals surface area contributed by atoms with E-state index in [0.717, 1.165) is 11.3 Å². The monoisotopic (exact) mass is 216 g/mol. The summed E-state index contributed by atoms with van der Waals surface area (Å²) in [5, 5.41) is 2.99. The second kappa shape index (κ2) is 4.47. The van der Waals surface area contributed by atoms with E-state index in [0.29, 0.717) is 5.92 Å². The summed E-state index contributed by atoms with van der Waals surface area (Å²) in [6.45, 7) is 4.43. The number of hydrogen-bond donors (Lipinski definition) is 1. The molecule has 2 rings (SSSR count). The molecule has 1 N–H and O–H groups in total. The Kier molecular flexibility index (Phi) is 3.04. The minimum Gasteiger partial charge on any atom is -0.346 e. The van der Waals surface area contributed by atoms with Gasteiger partial charge in [-0.25, -0.2) is 0 Å². The molecule has 1 amide bonds. The lowest BCUT2D eigenvalue weighted by Crippen LogP contribution is -2.49. The second-order valence-electron chi connectivity index (χ2n) is 4.36. The number of aliphatic imine (C=N–C) groups is 1. The second-order valence-corrected chi connectivity index (χ2v) is 4.36. The van der Waals surface area contributed by atoms with Crippen molar-refractivity contribution >= 4 is 11.6 Å². The van der Waals surface area contributed by atoms with Gasteiger partial charge in [-0.2, -0.15) is 0 Å². The van der Waals surface area contributed by atoms with Gasteiger partial charge in [0, 0.05) is 0 Å². The molecule has 3 nitrogen and oxygen atoms in total. The molecular weight excluding hydrogens is 200 g/mol. The molecule has 0 radical (unpaired) electrons. The van der Waals surface area contributed by atoms with E-state index in [-0.39, 0.29) is 18.5 Å². The molecule has 16 heavy (non-hydrogen) atoms. The molecule has 0 aromatic heterocycles. The van der Waals surface area contributed by atoms with Crippen molar-refractivity contribution in [3.8, 4) is 0 Å². The van der Waals surface area contributed by atoms with Crippen LogP contribution in [-0.4, -0.2) is 24.2 Å². The van der Waals surface area contributed by atoms with E-state index >= 15 is 0 Å². The molecule has 0 saturated heterocycles. The third kappa shape index (κ3) is 2.13. The molecule has 84 valence electrons. The Morgan fingerprint density at radius 2 is 2.00 bits per heavy atom. The molecule has 3 heteroatoms. The van der Waals surface area contributed by atoms with E-state index in [1.54, 1.807) is 0 Å². The zero-order valence-electron chi connectivity index (χ0n) is 9.60. The molecule has 1 aromatic carbocycles. The minimum absolute atomic E-state index is 0.0124. The van der Waals surface area contributed by atoms with Crippen molar-refractivity contribution in [1.82, 2.24) is 5.32 Å². The standard InChI is InChI=1S/C13H16N2O/c1-9(2)12-13(14-8-11(16)15-12)10-6-4-3-5-7-10/h3-7,9,12H,8H2,1-2H3,(H,15,16). The van der Waals surface area contributed by atoms with Crippen molar-refractivity contribution in [3.63, 3.8) is 0 Å². The zero-order valence-corrected chi connectivity index (χ0v) is 9.60. The molecule has 1 aromatic rings. The molecule has 1 unspecified atom stereocenters. The van der Waals surface area contributed by atoms with E-state index in [1.807, 2.05) is 30.3 Å². The lowest BCUT2D eigenvalue weighted by atomic mass is 9.93. The Hall–Kier alpha value is -1.64. The smallest absolute Gasteiger partial charge is 0.242 e. The third-order valence-electron chi connectivity index (χ3n) is 2.74. The fraction of sp³-hybridized carbons (Fsp3) is 0.385. The number of amides is 1. The lowest BCUT2D eigenvalue weighted by Gasteiger charge is -2.27. The summed E-state index contributed by atoms with van der Waals surface area (Å²) < 4.78 is 0. The van der Waals surface area contributed by atoms with Gasteiger partial charge in [0.05, 0.1) is 11.8 Å². The summed E-state index contributed by atoms with van der Waals surface area (Å²) in [5.41, 5.74) is 2.09. The average molecular weight is 216 g/mol. The molecular formula is C13H16N2O. The lowest BCUT2D eigenvalue weighted by molar-refractivity contribution is -0.120. The Morgan fingerprint density at radius 1 is 1.31 bits per heavy atom. The van der Waals surface area contributed by atoms with Crippen LogP contribution in [0.4, 0.5) is 0 Å². The summed E-state index contributed by atoms with van der Waals surface area (Å²) in [7, 11) is 0. The van der Waals surface area contributed by atoms with Crippen LogP contribution in [0.1, 0.15) is 19.4 Å². The number of benzene rings is 1. The summed E-state index contributed by atoms with van der Waals surface area (Å²) in [4.78, 5) is 15.7. The van der Waals surface area contributed by atoms with Gasteiger partial charge in [-0.15, -0.1) is 0 Å². The molecule has 0 fully saturated rings. The molecule has 0 aliphatic carbocycles. The number of carbonyl (C=O) groups excluding carboxylic acids is 1. The Bertz CT molecular complexity index is 409. The summed E-state index contributed by atoms with van der Waals surface area (Å²) in [6, 6.07) is 10.1. The van der Waals surface area contributed by atoms with Gasteiger partial charge in [-0.05, 0) is 11.5 Å². The van der Waals surface area contributed by atoms with Crippen molar-refractivity contribution in [3.05, 3.63) is 35.9 Å². The SMILES string of the molecule is CC(C)C1NC(=O)CN=C1c1ccccc1. The van der Waals surface area contributed by atoms with E-state index in [2.05, 4.69) is 24.2 Å². The van der Waals surface area contributed by atoms with Gasteiger partial charge in [0.25, 0.3) is 0 Å². The van der Waals surface area contributed by atoms with Crippen LogP contribution in [0.5, 0.6) is 0 Å². The number of carbonyl (C=O) groups is 1. The predicted octanol–water partition coefficient (Wildman–Crippen LogP) is 1.63. The predicted molar refractivity (Wildman–Crippen MR) is 64.6 cm³/mol. The summed E-state index contributed by atoms with van der Waals surface area (Å²) in [5.74, 6) is 0.363. The first-order chi connectivity index (χ1) is 7.68. The molecule has 1 aliphatic rings. The largest absolute Gasteiger partial charge is 0.346 e. The molecule has 1 heterocycles. The van der Waals surface area contributed by atoms with E-state index in [4.69, 9.17) is 0 Å². The van der Waals surface area contributed by atoms with E-state index in [9.17, 15) is 4.79 Å². The van der Waals surface area contributed by atoms with Gasteiger partial charge in [-0.1, -0.05) is 44.2 Å². The van der Waals surface area contributed by atoms with Crippen LogP contribution in [0, 0.1) is 5.92 Å². The zero-order chi connectivity index (χ0) is 11.5. The highest BCUT2D eigenvalue weighted by molar-refractivity contribution is 6.08. The number of hydrogen-bond acceptors (Lipinski definition) is 2. The Balaban J connectivity index is 2.34. The fourth-order valence-electron chi connectivity index (χ4n) is 1.90. The van der Waals surface area contributed by atoms with Crippen LogP contribution in [0.3, 0.4) is 0 Å². The highest BCUT2D eigenvalue weighted by Crippen LogP contribution is 2.14. The number of nitrogens with one attached hydrogen (secondary N) is 1. The summed E-state index contributed by atoms with van der Waals surface area (Å²) >= 11 is 0. The quantitative estimate of drug-likeness (QED) is 0.802. The van der Waals surface area contributed by atoms with E-state index < -0.39 is 0 Å². The number of nitrogens with zero attached hydrogens (tertiary/aromatic N) is 1. The minimum atomic E-state index is 0.0124. The van der Waals surface area contributed by atoms with Crippen LogP contribution in [-0.2, 0) is 4.79 Å². The highest BCUT2D eigenvalue weighted by Gasteiger charge is 2.26. The topological polar surface area (TPSA) is 41.5 Å². The first-order valence-corrected chi connectivity index (χ1v) is 5.57. The summed E-state index contributed by atoms with van der Waals surface area (Å²) in [6.07, 6.45) is 0. The van der Waals surface area contributed by atoms with Gasteiger partial charge < -0.3 is 5.32 Å². The normalized spacial score (nSPS) is 20.6. The molecule has 1 atom stereocenters. The van der Waals surface area contributed by atoms with E-state index in [1.165, 1.54) is 0 Å². The molecule has 1 aliphatic heterocycles. The molecule has 0 saturated carbocycles. The van der Waals surface area contributed by atoms with Crippen LogP contribution in [0.25, 0.3) is 0 Å². The van der Waals surface area contributed by atoms with Gasteiger partial charge in [0.2, 0.25) is 5.91 Å². The third-order valence-corrected chi connectivity index (χ3v) is 2.74. The van der Waals surface area contributed by atoms with Crippen LogP contribution >= 0.6 is 0 Å². The first-order valence-electron chi connectivity index (χ1n) is 5.57. The van der Waals surface area contributed by atoms with Gasteiger partial charge in [0.1, 0.15) is 6.54 Å². The van der Waals surface area contributed by atoms with Gasteiger partial charge in [-0.3, -0.25) is 9.79 Å². The van der Waals surface area contributed by atoms with Crippen LogP contribution in [0.2, 0.25) is 0 Å². The van der Waals surface area contributed by atoms with Crippen LogP contribution in [0.15, 0.2) is 35.3 Å². The maximum atomic E-state index is 11.3. The average Bonchev–Trinajstić information content (AvgIpc) is 2.30. The van der Waals surface area contributed by atoms with Gasteiger partial charge >= 0.3 is 0 Å². The fourth-order valence-corrected chi connectivity index (χ4v) is 1.90. The van der Waals surface area contributed by atoms with Gasteiger partial charge in [0.15, 0.2) is 0 Å². The number of rotatable bonds is 2. The van der Waals surface area contributed by atoms with Crippen LogP contribution < -0.4 is 5.32 Å². The van der Waals surface area contributed by atoms with Crippen molar-refractivity contribution in [2.24, 2.45) is 10.9 Å². The maximum absolute atomic E-state index is 11.3. The highest BCUT2D eigenvalue weighted by atomic mass is 16.2. The molecule has 0 bridgehead atoms. The molecule has 0 spiro atoms. The van der Waals surface area contributed by atoms with Crippen molar-refractivity contribution in [2.75, 3.05) is 6.54 Å². The van der Waals surface area contributed by atoms with Crippen molar-refractivity contribution < 1.29 is 4.79 Å². The van der Waals surface area contributed by atoms with Crippen molar-refractivity contribution in [1.29, 1.82) is 0 Å². The first kappa shape index (κ1) is 10.9. The van der Waals surface area contributed by atoms with Crippen molar-refractivity contribution in [2.45, 2.75) is 19.9 Å².